The van der Waals surface area contributed by atoms with Gasteiger partial charge in [-0.25, -0.2) is 4.79 Å². The van der Waals surface area contributed by atoms with Crippen molar-refractivity contribution < 1.29 is 9.32 Å². The number of nitrogens with zero attached hydrogens (tertiary/aromatic N) is 1. The van der Waals surface area contributed by atoms with Gasteiger partial charge in [0.2, 0.25) is 0 Å². The normalized spacial score (nSPS) is 10.1. The summed E-state index contributed by atoms with van der Waals surface area (Å²) >= 11 is 1.60. The van der Waals surface area contributed by atoms with Gasteiger partial charge in [0.15, 0.2) is 5.82 Å². The minimum Gasteiger partial charge on any atom is -0.360 e. The van der Waals surface area contributed by atoms with Crippen LogP contribution in [-0.4, -0.2) is 11.2 Å². The van der Waals surface area contributed by atoms with Gasteiger partial charge in [-0.15, -0.1) is 11.3 Å². The molecule has 2 amide bonds. The van der Waals surface area contributed by atoms with Crippen LogP contribution in [0.25, 0.3) is 0 Å². The number of aromatic nitrogens is 1. The van der Waals surface area contributed by atoms with Crippen molar-refractivity contribution in [2.75, 3.05) is 5.32 Å². The first kappa shape index (κ1) is 10.7. The first-order chi connectivity index (χ1) is 7.74. The molecule has 0 radical (unpaired) electrons. The quantitative estimate of drug-likeness (QED) is 0.861. The van der Waals surface area contributed by atoms with E-state index in [0.29, 0.717) is 18.1 Å². The van der Waals surface area contributed by atoms with Gasteiger partial charge < -0.3 is 9.84 Å². The molecule has 16 heavy (non-hydrogen) atoms. The summed E-state index contributed by atoms with van der Waals surface area (Å²) in [7, 11) is 0. The number of anilines is 1. The predicted molar refractivity (Wildman–Crippen MR) is 61.4 cm³/mol. The molecular weight excluding hydrogens is 226 g/mol. The number of hydrogen-bond acceptors (Lipinski definition) is 4. The fourth-order valence-electron chi connectivity index (χ4n) is 1.17. The number of carbonyl (C=O) groups excluding carboxylic acids is 1. The molecule has 2 aromatic rings. The van der Waals surface area contributed by atoms with E-state index in [4.69, 9.17) is 4.52 Å². The number of urea groups is 1. The lowest BCUT2D eigenvalue weighted by Gasteiger charge is -2.02. The van der Waals surface area contributed by atoms with E-state index in [1.54, 1.807) is 24.3 Å². The maximum absolute atomic E-state index is 11.4. The lowest BCUT2D eigenvalue weighted by Crippen LogP contribution is -2.27. The maximum atomic E-state index is 11.4. The van der Waals surface area contributed by atoms with Gasteiger partial charge in [0, 0.05) is 10.9 Å². The van der Waals surface area contributed by atoms with Gasteiger partial charge in [0.25, 0.3) is 0 Å². The van der Waals surface area contributed by atoms with E-state index in [9.17, 15) is 4.79 Å². The molecule has 2 heterocycles. The summed E-state index contributed by atoms with van der Waals surface area (Å²) in [4.78, 5) is 12.5. The first-order valence-corrected chi connectivity index (χ1v) is 5.62. The Morgan fingerprint density at radius 1 is 1.62 bits per heavy atom. The number of aryl methyl sites for hydroxylation is 1. The molecule has 0 saturated heterocycles. The fourth-order valence-corrected chi connectivity index (χ4v) is 1.81. The van der Waals surface area contributed by atoms with E-state index in [0.717, 1.165) is 4.88 Å². The van der Waals surface area contributed by atoms with Crippen molar-refractivity contribution in [1.82, 2.24) is 10.5 Å². The molecule has 0 spiro atoms. The molecule has 0 unspecified atom stereocenters. The Kier molecular flexibility index (Phi) is 3.21. The van der Waals surface area contributed by atoms with Crippen LogP contribution in [0.3, 0.4) is 0 Å². The van der Waals surface area contributed by atoms with Gasteiger partial charge in [-0.05, 0) is 18.4 Å². The highest BCUT2D eigenvalue weighted by Crippen LogP contribution is 2.08. The minimum absolute atomic E-state index is 0.290. The fraction of sp³-hybridized carbons (Fsp3) is 0.200. The summed E-state index contributed by atoms with van der Waals surface area (Å²) in [6.45, 7) is 2.28. The zero-order valence-corrected chi connectivity index (χ0v) is 9.50. The highest BCUT2D eigenvalue weighted by atomic mass is 32.1. The van der Waals surface area contributed by atoms with E-state index >= 15 is 0 Å². The molecular formula is C10H11N3O2S. The molecule has 0 saturated carbocycles. The SMILES string of the molecule is Cc1cc(NC(=O)NCc2cccs2)no1. The predicted octanol–water partition coefficient (Wildman–Crippen LogP) is 2.37. The summed E-state index contributed by atoms with van der Waals surface area (Å²) < 4.78 is 4.83. The largest absolute Gasteiger partial charge is 0.360 e. The zero-order valence-electron chi connectivity index (χ0n) is 8.69. The van der Waals surface area contributed by atoms with Gasteiger partial charge in [-0.1, -0.05) is 11.2 Å². The molecule has 0 bridgehead atoms. The number of hydrogen-bond donors (Lipinski definition) is 2. The van der Waals surface area contributed by atoms with Crippen LogP contribution in [0.15, 0.2) is 28.1 Å². The number of thiophene rings is 1. The summed E-state index contributed by atoms with van der Waals surface area (Å²) in [6.07, 6.45) is 0. The third-order valence-corrected chi connectivity index (χ3v) is 2.75. The Morgan fingerprint density at radius 3 is 3.12 bits per heavy atom. The number of carbonyl (C=O) groups is 1. The second-order valence-electron chi connectivity index (χ2n) is 3.21. The van der Waals surface area contributed by atoms with Crippen LogP contribution >= 0.6 is 11.3 Å². The number of amides is 2. The summed E-state index contributed by atoms with van der Waals surface area (Å²) in [5.41, 5.74) is 0. The van der Waals surface area contributed by atoms with E-state index in [1.807, 2.05) is 17.5 Å². The van der Waals surface area contributed by atoms with Crippen LogP contribution in [0.4, 0.5) is 10.6 Å². The smallest absolute Gasteiger partial charge is 0.320 e. The molecule has 2 aromatic heterocycles. The van der Waals surface area contributed by atoms with Gasteiger partial charge in [0.05, 0.1) is 6.54 Å². The van der Waals surface area contributed by atoms with Crippen molar-refractivity contribution in [3.8, 4) is 0 Å². The zero-order chi connectivity index (χ0) is 11.4. The first-order valence-electron chi connectivity index (χ1n) is 4.74. The molecule has 2 N–H and O–H groups in total. The lowest BCUT2D eigenvalue weighted by molar-refractivity contribution is 0.251. The van der Waals surface area contributed by atoms with Crippen LogP contribution in [0.2, 0.25) is 0 Å². The molecule has 2 rings (SSSR count). The van der Waals surface area contributed by atoms with Crippen molar-refractivity contribution in [3.63, 3.8) is 0 Å². The van der Waals surface area contributed by atoms with Crippen molar-refractivity contribution >= 4 is 23.2 Å². The molecule has 84 valence electrons. The average Bonchev–Trinajstić information content (AvgIpc) is 2.87. The van der Waals surface area contributed by atoms with Crippen molar-refractivity contribution in [2.45, 2.75) is 13.5 Å². The van der Waals surface area contributed by atoms with Crippen LogP contribution in [0, 0.1) is 6.92 Å². The monoisotopic (exact) mass is 237 g/mol. The van der Waals surface area contributed by atoms with Crippen LogP contribution in [-0.2, 0) is 6.54 Å². The molecule has 0 aliphatic heterocycles. The standard InChI is InChI=1S/C10H11N3O2S/c1-7-5-9(13-15-7)12-10(14)11-6-8-3-2-4-16-8/h2-5H,6H2,1H3,(H2,11,12,13,14). The van der Waals surface area contributed by atoms with Gasteiger partial charge in [-0.2, -0.15) is 0 Å². The lowest BCUT2D eigenvalue weighted by atomic mass is 10.4. The Hall–Kier alpha value is -1.82. The molecule has 0 aliphatic carbocycles. The summed E-state index contributed by atoms with van der Waals surface area (Å²) in [5, 5.41) is 10.9. The maximum Gasteiger partial charge on any atom is 0.320 e. The van der Waals surface area contributed by atoms with E-state index < -0.39 is 0 Å². The topological polar surface area (TPSA) is 67.2 Å². The summed E-state index contributed by atoms with van der Waals surface area (Å²) in [6, 6.07) is 5.28. The van der Waals surface area contributed by atoms with E-state index in [-0.39, 0.29) is 6.03 Å². The second kappa shape index (κ2) is 4.80. The second-order valence-corrected chi connectivity index (χ2v) is 4.24. The number of rotatable bonds is 3. The van der Waals surface area contributed by atoms with Crippen LogP contribution < -0.4 is 10.6 Å². The molecule has 6 heteroatoms. The highest BCUT2D eigenvalue weighted by Gasteiger charge is 2.05. The van der Waals surface area contributed by atoms with Gasteiger partial charge in [-0.3, -0.25) is 5.32 Å². The average molecular weight is 237 g/mol. The highest BCUT2D eigenvalue weighted by molar-refractivity contribution is 7.09. The third kappa shape index (κ3) is 2.83. The Bertz CT molecular complexity index is 464. The van der Waals surface area contributed by atoms with Crippen LogP contribution in [0.1, 0.15) is 10.6 Å². The summed E-state index contributed by atoms with van der Waals surface area (Å²) in [5.74, 6) is 1.08. The van der Waals surface area contributed by atoms with Crippen LogP contribution in [0.5, 0.6) is 0 Å². The van der Waals surface area contributed by atoms with Crippen molar-refractivity contribution in [3.05, 3.63) is 34.2 Å². The Morgan fingerprint density at radius 2 is 2.50 bits per heavy atom. The van der Waals surface area contributed by atoms with Gasteiger partial charge in [0.1, 0.15) is 5.76 Å². The van der Waals surface area contributed by atoms with Crippen molar-refractivity contribution in [1.29, 1.82) is 0 Å². The Labute approximate surface area is 96.5 Å². The number of nitrogens with one attached hydrogen (secondary N) is 2. The third-order valence-electron chi connectivity index (χ3n) is 1.87. The minimum atomic E-state index is -0.290. The molecule has 5 nitrogen and oxygen atoms in total. The van der Waals surface area contributed by atoms with E-state index in [1.165, 1.54) is 0 Å². The molecule has 0 fully saturated rings. The van der Waals surface area contributed by atoms with Gasteiger partial charge >= 0.3 is 6.03 Å². The molecule has 0 aliphatic rings. The molecule has 0 atom stereocenters. The molecule has 0 aromatic carbocycles. The van der Waals surface area contributed by atoms with Crippen molar-refractivity contribution in [2.24, 2.45) is 0 Å². The van der Waals surface area contributed by atoms with E-state index in [2.05, 4.69) is 15.8 Å². The Balaban J connectivity index is 1.81.